The number of nitrogens with zero attached hydrogens (tertiary/aromatic N) is 4. The minimum Gasteiger partial charge on any atom is -0.461 e. The molecule has 2 heterocycles. The van der Waals surface area contributed by atoms with Gasteiger partial charge in [0.15, 0.2) is 10.9 Å². The molecule has 1 aliphatic rings. The fourth-order valence-corrected chi connectivity index (χ4v) is 4.60. The summed E-state index contributed by atoms with van der Waals surface area (Å²) in [7, 11) is 0. The number of aryl methyl sites for hydroxylation is 1. The van der Waals surface area contributed by atoms with Crippen LogP contribution in [0.4, 0.5) is 11.4 Å². The molecule has 9 nitrogen and oxygen atoms in total. The zero-order valence-corrected chi connectivity index (χ0v) is 17.9. The number of non-ortho nitro benzene ring substituents is 1. The Balaban J connectivity index is 1.50. The maximum absolute atomic E-state index is 12.6. The van der Waals surface area contributed by atoms with Gasteiger partial charge in [-0.05, 0) is 37.5 Å². The molecule has 0 aliphatic heterocycles. The van der Waals surface area contributed by atoms with E-state index in [4.69, 9.17) is 4.42 Å². The van der Waals surface area contributed by atoms with Crippen LogP contribution in [0.2, 0.25) is 0 Å². The van der Waals surface area contributed by atoms with Crippen molar-refractivity contribution in [1.29, 1.82) is 0 Å². The highest BCUT2D eigenvalue weighted by atomic mass is 32.2. The Morgan fingerprint density at radius 2 is 2.10 bits per heavy atom. The van der Waals surface area contributed by atoms with Crippen LogP contribution in [0.5, 0.6) is 0 Å². The molecule has 1 saturated carbocycles. The summed E-state index contributed by atoms with van der Waals surface area (Å²) < 4.78 is 7.64. The van der Waals surface area contributed by atoms with Gasteiger partial charge in [-0.2, -0.15) is 0 Å². The number of furan rings is 1. The van der Waals surface area contributed by atoms with Crippen molar-refractivity contribution >= 4 is 29.0 Å². The van der Waals surface area contributed by atoms with Gasteiger partial charge in [0.2, 0.25) is 11.7 Å². The predicted molar refractivity (Wildman–Crippen MR) is 117 cm³/mol. The SMILES string of the molecule is Cc1ccc([N+](=O)[O-])cc1NC(=O)CSc1nnc(-c2ccco2)n1C1CCCCC1. The van der Waals surface area contributed by atoms with E-state index in [1.807, 2.05) is 12.1 Å². The maximum atomic E-state index is 12.6. The van der Waals surface area contributed by atoms with Gasteiger partial charge in [0.1, 0.15) is 0 Å². The fourth-order valence-electron chi connectivity index (χ4n) is 3.79. The van der Waals surface area contributed by atoms with Crippen molar-refractivity contribution in [1.82, 2.24) is 14.8 Å². The summed E-state index contributed by atoms with van der Waals surface area (Å²) in [4.78, 5) is 23.1. The molecule has 1 aromatic carbocycles. The highest BCUT2D eigenvalue weighted by molar-refractivity contribution is 7.99. The Morgan fingerprint density at radius 3 is 2.81 bits per heavy atom. The molecule has 1 fully saturated rings. The number of rotatable bonds is 7. The second-order valence-electron chi connectivity index (χ2n) is 7.54. The summed E-state index contributed by atoms with van der Waals surface area (Å²) in [6.45, 7) is 1.79. The largest absolute Gasteiger partial charge is 0.461 e. The zero-order valence-electron chi connectivity index (χ0n) is 17.1. The van der Waals surface area contributed by atoms with E-state index in [0.717, 1.165) is 31.2 Å². The first-order valence-corrected chi connectivity index (χ1v) is 11.2. The van der Waals surface area contributed by atoms with E-state index < -0.39 is 4.92 Å². The summed E-state index contributed by atoms with van der Waals surface area (Å²) in [5.74, 6) is 1.19. The van der Waals surface area contributed by atoms with E-state index in [9.17, 15) is 14.9 Å². The average Bonchev–Trinajstić information content (AvgIpc) is 3.44. The fraction of sp³-hybridized carbons (Fsp3) is 0.381. The third-order valence-corrected chi connectivity index (χ3v) is 6.33. The standard InChI is InChI=1S/C21H23N5O4S/c1-14-9-10-16(26(28)29)12-17(14)22-19(27)13-31-21-24-23-20(18-8-5-11-30-18)25(21)15-6-3-2-4-7-15/h5,8-12,15H,2-4,6-7,13H2,1H3,(H,22,27). The molecule has 0 saturated heterocycles. The Bertz CT molecular complexity index is 1070. The minimum absolute atomic E-state index is 0.0614. The van der Waals surface area contributed by atoms with Crippen molar-refractivity contribution in [2.24, 2.45) is 0 Å². The van der Waals surface area contributed by atoms with E-state index in [1.165, 1.54) is 30.3 Å². The van der Waals surface area contributed by atoms with Crippen LogP contribution in [-0.2, 0) is 4.79 Å². The molecule has 0 spiro atoms. The van der Waals surface area contributed by atoms with Crippen molar-refractivity contribution in [2.45, 2.75) is 50.2 Å². The van der Waals surface area contributed by atoms with E-state index in [0.29, 0.717) is 22.4 Å². The van der Waals surface area contributed by atoms with Gasteiger partial charge in [-0.3, -0.25) is 19.5 Å². The molecule has 0 unspecified atom stereocenters. The lowest BCUT2D eigenvalue weighted by molar-refractivity contribution is -0.384. The quantitative estimate of drug-likeness (QED) is 0.312. The molecular formula is C21H23N5O4S. The summed E-state index contributed by atoms with van der Waals surface area (Å²) in [5.41, 5.74) is 1.13. The van der Waals surface area contributed by atoms with Gasteiger partial charge in [0, 0.05) is 18.2 Å². The van der Waals surface area contributed by atoms with Crippen LogP contribution in [0.15, 0.2) is 46.2 Å². The molecule has 162 valence electrons. The Labute approximate surface area is 183 Å². The third kappa shape index (κ3) is 4.79. The molecule has 1 N–H and O–H groups in total. The van der Waals surface area contributed by atoms with Crippen molar-refractivity contribution in [3.05, 3.63) is 52.3 Å². The van der Waals surface area contributed by atoms with Gasteiger partial charge < -0.3 is 9.73 Å². The van der Waals surface area contributed by atoms with Crippen molar-refractivity contribution in [3.8, 4) is 11.6 Å². The molecule has 0 atom stereocenters. The number of nitrogens with one attached hydrogen (secondary N) is 1. The van der Waals surface area contributed by atoms with Gasteiger partial charge in [-0.1, -0.05) is 37.1 Å². The molecule has 10 heteroatoms. The first-order chi connectivity index (χ1) is 15.0. The van der Waals surface area contributed by atoms with Crippen molar-refractivity contribution < 1.29 is 14.1 Å². The molecule has 4 rings (SSSR count). The Morgan fingerprint density at radius 1 is 1.29 bits per heavy atom. The highest BCUT2D eigenvalue weighted by Crippen LogP contribution is 2.35. The van der Waals surface area contributed by atoms with E-state index >= 15 is 0 Å². The number of carbonyl (C=O) groups excluding carboxylic acids is 1. The summed E-state index contributed by atoms with van der Waals surface area (Å²) in [6.07, 6.45) is 7.21. The molecular weight excluding hydrogens is 418 g/mol. The average molecular weight is 442 g/mol. The molecule has 1 amide bonds. The number of amides is 1. The van der Waals surface area contributed by atoms with Crippen LogP contribution in [0.25, 0.3) is 11.6 Å². The topological polar surface area (TPSA) is 116 Å². The van der Waals surface area contributed by atoms with Gasteiger partial charge in [-0.15, -0.1) is 10.2 Å². The van der Waals surface area contributed by atoms with Crippen molar-refractivity contribution in [3.63, 3.8) is 0 Å². The van der Waals surface area contributed by atoms with Crippen LogP contribution < -0.4 is 5.32 Å². The second kappa shape index (κ2) is 9.34. The lowest BCUT2D eigenvalue weighted by Gasteiger charge is -2.25. The number of carbonyl (C=O) groups is 1. The number of nitro benzene ring substituents is 1. The minimum atomic E-state index is -0.480. The first-order valence-electron chi connectivity index (χ1n) is 10.2. The van der Waals surface area contributed by atoms with Crippen molar-refractivity contribution in [2.75, 3.05) is 11.1 Å². The number of aromatic nitrogens is 3. The Kier molecular flexibility index (Phi) is 6.36. The number of hydrogen-bond acceptors (Lipinski definition) is 7. The van der Waals surface area contributed by atoms with E-state index in [1.54, 1.807) is 19.3 Å². The summed E-state index contributed by atoms with van der Waals surface area (Å²) in [6, 6.07) is 8.36. The monoisotopic (exact) mass is 441 g/mol. The first kappa shape index (κ1) is 21.1. The number of nitro groups is 1. The molecule has 1 aliphatic carbocycles. The van der Waals surface area contributed by atoms with Crippen LogP contribution >= 0.6 is 11.8 Å². The normalized spacial score (nSPS) is 14.5. The molecule has 2 aromatic heterocycles. The highest BCUT2D eigenvalue weighted by Gasteiger charge is 2.25. The van der Waals surface area contributed by atoms with Crippen LogP contribution in [0, 0.1) is 17.0 Å². The summed E-state index contributed by atoms with van der Waals surface area (Å²) >= 11 is 1.30. The van der Waals surface area contributed by atoms with Crippen LogP contribution in [0.3, 0.4) is 0 Å². The predicted octanol–water partition coefficient (Wildman–Crippen LogP) is 4.99. The Hall–Kier alpha value is -3.14. The van der Waals surface area contributed by atoms with E-state index in [-0.39, 0.29) is 23.4 Å². The molecule has 0 bridgehead atoms. The van der Waals surface area contributed by atoms with Gasteiger partial charge >= 0.3 is 0 Å². The molecule has 0 radical (unpaired) electrons. The number of hydrogen-bond donors (Lipinski definition) is 1. The lowest BCUT2D eigenvalue weighted by atomic mass is 9.95. The second-order valence-corrected chi connectivity index (χ2v) is 8.48. The number of thioether (sulfide) groups is 1. The number of anilines is 1. The van der Waals surface area contributed by atoms with Crippen LogP contribution in [-0.4, -0.2) is 31.3 Å². The third-order valence-electron chi connectivity index (χ3n) is 5.38. The van der Waals surface area contributed by atoms with Crippen LogP contribution in [0.1, 0.15) is 43.7 Å². The van der Waals surface area contributed by atoms with Gasteiger partial charge in [-0.25, -0.2) is 0 Å². The summed E-state index contributed by atoms with van der Waals surface area (Å²) in [5, 5.41) is 23.1. The molecule has 3 aromatic rings. The van der Waals surface area contributed by atoms with E-state index in [2.05, 4.69) is 20.1 Å². The van der Waals surface area contributed by atoms with Gasteiger partial charge in [0.25, 0.3) is 5.69 Å². The maximum Gasteiger partial charge on any atom is 0.271 e. The van der Waals surface area contributed by atoms with Gasteiger partial charge in [0.05, 0.1) is 22.6 Å². The zero-order chi connectivity index (χ0) is 21.8. The molecule has 31 heavy (non-hydrogen) atoms. The number of benzene rings is 1. The lowest BCUT2D eigenvalue weighted by Crippen LogP contribution is -2.17. The smallest absolute Gasteiger partial charge is 0.271 e.